The van der Waals surface area contributed by atoms with Crippen molar-refractivity contribution in [1.29, 1.82) is 0 Å². The van der Waals surface area contributed by atoms with Crippen LogP contribution in [0.25, 0.3) is 10.9 Å². The monoisotopic (exact) mass is 506 g/mol. The average Bonchev–Trinajstić information content (AvgIpc) is 3.66. The highest BCUT2D eigenvalue weighted by atomic mass is 16.5. The Kier molecular flexibility index (Phi) is 7.62. The minimum Gasteiger partial charge on any atom is -0.494 e. The number of hydrogen-bond donors (Lipinski definition) is 3. The summed E-state index contributed by atoms with van der Waals surface area (Å²) in [4.78, 5) is 23.2. The van der Waals surface area contributed by atoms with E-state index in [1.165, 1.54) is 0 Å². The zero-order valence-corrected chi connectivity index (χ0v) is 22.0. The lowest BCUT2D eigenvalue weighted by Gasteiger charge is -2.34. The highest BCUT2D eigenvalue weighted by Gasteiger charge is 2.23. The first-order valence-corrected chi connectivity index (χ1v) is 13.5. The largest absolute Gasteiger partial charge is 0.494 e. The normalized spacial score (nSPS) is 19.8. The number of rotatable bonds is 8. The van der Waals surface area contributed by atoms with E-state index in [1.54, 1.807) is 12.3 Å². The van der Waals surface area contributed by atoms with Crippen molar-refractivity contribution in [2.24, 2.45) is 4.99 Å². The number of carbonyl (C=O) groups is 1. The molecule has 0 unspecified atom stereocenters. The quantitative estimate of drug-likeness (QED) is 0.389. The van der Waals surface area contributed by atoms with E-state index in [1.807, 2.05) is 29.9 Å². The van der Waals surface area contributed by atoms with E-state index in [0.29, 0.717) is 36.2 Å². The molecule has 37 heavy (non-hydrogen) atoms. The maximum Gasteiger partial charge on any atom is 0.251 e. The average molecular weight is 507 g/mol. The number of aromatic hydroxyl groups is 1. The third-order valence-corrected chi connectivity index (χ3v) is 7.63. The lowest BCUT2D eigenvalue weighted by atomic mass is 10.0. The van der Waals surface area contributed by atoms with Crippen LogP contribution >= 0.6 is 0 Å². The summed E-state index contributed by atoms with van der Waals surface area (Å²) >= 11 is 0. The molecule has 3 N–H and O–H groups in total. The van der Waals surface area contributed by atoms with Gasteiger partial charge in [0.05, 0.1) is 35.8 Å². The number of piperidine rings is 1. The molecule has 1 amide bonds. The number of aromatic nitrogens is 3. The fraction of sp³-hybridized carbons (Fsp3) is 0.536. The fourth-order valence-electron chi connectivity index (χ4n) is 5.44. The van der Waals surface area contributed by atoms with Crippen LogP contribution in [0.1, 0.15) is 74.8 Å². The number of amides is 1. The van der Waals surface area contributed by atoms with Crippen LogP contribution in [0.5, 0.6) is 5.88 Å². The molecular formula is C28H38N6O3. The third-order valence-electron chi connectivity index (χ3n) is 7.63. The Labute approximate surface area is 217 Å². The SMILES string of the molecule is CCC(=Nc1cnn(C2CCN(C(C)C)CC2)c1)c1c(O)[nH]c2ccc(C(=O)NC[C@@H]3CCCO3)cc12. The lowest BCUT2D eigenvalue weighted by molar-refractivity contribution is 0.0858. The molecule has 0 spiro atoms. The molecule has 4 heterocycles. The molecule has 3 aromatic rings. The first kappa shape index (κ1) is 25.5. The number of H-pyrrole nitrogens is 1. The lowest BCUT2D eigenvalue weighted by Crippen LogP contribution is -2.39. The van der Waals surface area contributed by atoms with Crippen molar-refractivity contribution in [1.82, 2.24) is 25.0 Å². The molecule has 198 valence electrons. The minimum absolute atomic E-state index is 0.0564. The second kappa shape index (κ2) is 11.1. The molecule has 0 bridgehead atoms. The van der Waals surface area contributed by atoms with Crippen molar-refractivity contribution < 1.29 is 14.6 Å². The van der Waals surface area contributed by atoms with Gasteiger partial charge in [0.15, 0.2) is 5.88 Å². The Hall–Kier alpha value is -3.17. The summed E-state index contributed by atoms with van der Waals surface area (Å²) in [6.45, 7) is 9.92. The van der Waals surface area contributed by atoms with Crippen LogP contribution in [0.2, 0.25) is 0 Å². The number of aliphatic imine (C=N–C) groups is 1. The Morgan fingerprint density at radius 3 is 2.81 bits per heavy atom. The van der Waals surface area contributed by atoms with Gasteiger partial charge in [0.1, 0.15) is 5.69 Å². The zero-order chi connectivity index (χ0) is 25.9. The molecule has 2 aromatic heterocycles. The van der Waals surface area contributed by atoms with Crippen molar-refractivity contribution in [2.45, 2.75) is 71.1 Å². The van der Waals surface area contributed by atoms with Gasteiger partial charge in [-0.1, -0.05) is 6.92 Å². The number of nitrogens with one attached hydrogen (secondary N) is 2. The van der Waals surface area contributed by atoms with E-state index in [4.69, 9.17) is 9.73 Å². The van der Waals surface area contributed by atoms with E-state index < -0.39 is 0 Å². The number of ether oxygens (including phenoxy) is 1. The molecule has 2 aliphatic rings. The van der Waals surface area contributed by atoms with Crippen LogP contribution in [0.15, 0.2) is 35.6 Å². The van der Waals surface area contributed by atoms with Crippen LogP contribution in [-0.2, 0) is 4.74 Å². The molecule has 0 radical (unpaired) electrons. The first-order chi connectivity index (χ1) is 17.9. The fourth-order valence-corrected chi connectivity index (χ4v) is 5.44. The third kappa shape index (κ3) is 5.57. The van der Waals surface area contributed by atoms with Crippen molar-refractivity contribution in [3.63, 3.8) is 0 Å². The number of aromatic amines is 1. The van der Waals surface area contributed by atoms with Crippen molar-refractivity contribution in [2.75, 3.05) is 26.2 Å². The Morgan fingerprint density at radius 2 is 2.11 bits per heavy atom. The number of hydrogen-bond acceptors (Lipinski definition) is 6. The summed E-state index contributed by atoms with van der Waals surface area (Å²) in [5, 5.41) is 19.2. The number of likely N-dealkylation sites (tertiary alicyclic amines) is 1. The molecule has 2 fully saturated rings. The summed E-state index contributed by atoms with van der Waals surface area (Å²) in [7, 11) is 0. The summed E-state index contributed by atoms with van der Waals surface area (Å²) in [6.07, 6.45) is 8.65. The molecule has 9 heteroatoms. The number of carbonyl (C=O) groups excluding carboxylic acids is 1. The number of fused-ring (bicyclic) bond motifs is 1. The Bertz CT molecular complexity index is 1260. The van der Waals surface area contributed by atoms with Gasteiger partial charge in [-0.3, -0.25) is 9.48 Å². The predicted molar refractivity (Wildman–Crippen MR) is 145 cm³/mol. The van der Waals surface area contributed by atoms with Gasteiger partial charge in [-0.15, -0.1) is 0 Å². The molecule has 1 aromatic carbocycles. The van der Waals surface area contributed by atoms with Gasteiger partial charge < -0.3 is 25.0 Å². The van der Waals surface area contributed by atoms with Gasteiger partial charge in [0, 0.05) is 48.7 Å². The molecule has 2 saturated heterocycles. The summed E-state index contributed by atoms with van der Waals surface area (Å²) in [5.74, 6) is -0.0928. The summed E-state index contributed by atoms with van der Waals surface area (Å²) in [5.41, 5.74) is 3.44. The maximum atomic E-state index is 12.8. The van der Waals surface area contributed by atoms with E-state index >= 15 is 0 Å². The molecule has 5 rings (SSSR count). The Balaban J connectivity index is 1.36. The van der Waals surface area contributed by atoms with Crippen molar-refractivity contribution in [3.05, 3.63) is 41.7 Å². The van der Waals surface area contributed by atoms with Crippen LogP contribution < -0.4 is 5.32 Å². The highest BCUT2D eigenvalue weighted by Crippen LogP contribution is 2.31. The molecule has 0 saturated carbocycles. The standard InChI is InChI=1S/C28H38N6O3/c1-4-24(31-20-15-30-34(17-20)21-9-11-33(12-10-21)18(2)3)26-23-14-19(7-8-25(23)32-28(26)36)27(35)29-16-22-6-5-13-37-22/h7-8,14-15,17-18,21-22,32,36H,4-6,9-13,16H2,1-3H3,(H,29,35)/t22-/m0/s1. The van der Waals surface area contributed by atoms with Crippen molar-refractivity contribution >= 4 is 28.2 Å². The van der Waals surface area contributed by atoms with Crippen molar-refractivity contribution in [3.8, 4) is 5.88 Å². The maximum absolute atomic E-state index is 12.8. The highest BCUT2D eigenvalue weighted by molar-refractivity contribution is 6.14. The molecule has 0 aliphatic carbocycles. The summed E-state index contributed by atoms with van der Waals surface area (Å²) < 4.78 is 7.65. The second-order valence-electron chi connectivity index (χ2n) is 10.4. The van der Waals surface area contributed by atoms with Gasteiger partial charge in [0.2, 0.25) is 0 Å². The number of benzene rings is 1. The van der Waals surface area contributed by atoms with Gasteiger partial charge >= 0.3 is 0 Å². The number of nitrogens with zero attached hydrogens (tertiary/aromatic N) is 4. The molecule has 2 aliphatic heterocycles. The second-order valence-corrected chi connectivity index (χ2v) is 10.4. The topological polar surface area (TPSA) is 108 Å². The zero-order valence-electron chi connectivity index (χ0n) is 22.0. The molecule has 1 atom stereocenters. The summed E-state index contributed by atoms with van der Waals surface area (Å²) in [6, 6.07) is 6.37. The van der Waals surface area contributed by atoms with Gasteiger partial charge in [0.25, 0.3) is 5.91 Å². The van der Waals surface area contributed by atoms with Gasteiger partial charge in [-0.25, -0.2) is 4.99 Å². The van der Waals surface area contributed by atoms with Crippen LogP contribution in [-0.4, -0.2) is 74.8 Å². The van der Waals surface area contributed by atoms with E-state index in [0.717, 1.165) is 67.7 Å². The van der Waals surface area contributed by atoms with Gasteiger partial charge in [-0.05, 0) is 64.2 Å². The molecular weight excluding hydrogens is 468 g/mol. The van der Waals surface area contributed by atoms with E-state index in [-0.39, 0.29) is 17.9 Å². The predicted octanol–water partition coefficient (Wildman–Crippen LogP) is 4.55. The van der Waals surface area contributed by atoms with Crippen LogP contribution in [0, 0.1) is 0 Å². The smallest absolute Gasteiger partial charge is 0.251 e. The molecule has 9 nitrogen and oxygen atoms in total. The van der Waals surface area contributed by atoms with E-state index in [9.17, 15) is 9.90 Å². The van der Waals surface area contributed by atoms with Crippen LogP contribution in [0.4, 0.5) is 5.69 Å². The first-order valence-electron chi connectivity index (χ1n) is 13.5. The van der Waals surface area contributed by atoms with Crippen LogP contribution in [0.3, 0.4) is 0 Å². The van der Waals surface area contributed by atoms with Gasteiger partial charge in [-0.2, -0.15) is 5.10 Å². The van der Waals surface area contributed by atoms with E-state index in [2.05, 4.69) is 34.1 Å². The Morgan fingerprint density at radius 1 is 1.30 bits per heavy atom. The minimum atomic E-state index is -0.149.